The minimum Gasteiger partial charge on any atom is -0.427 e. The number of anilines is 1. The minimum absolute atomic E-state index is 0.0768. The Bertz CT molecular complexity index is 1210. The summed E-state index contributed by atoms with van der Waals surface area (Å²) in [6.45, 7) is 1.09. The fourth-order valence-corrected chi connectivity index (χ4v) is 4.48. The summed E-state index contributed by atoms with van der Waals surface area (Å²) < 4.78 is 12.4. The first kappa shape index (κ1) is 18.5. The van der Waals surface area contributed by atoms with Gasteiger partial charge in [0.2, 0.25) is 5.95 Å². The second-order valence-electron chi connectivity index (χ2n) is 6.84. The van der Waals surface area contributed by atoms with Gasteiger partial charge in [0.25, 0.3) is 0 Å². The second kappa shape index (κ2) is 7.40. The zero-order chi connectivity index (χ0) is 20.0. The summed E-state index contributed by atoms with van der Waals surface area (Å²) in [5.41, 5.74) is 8.86. The van der Waals surface area contributed by atoms with Crippen molar-refractivity contribution in [1.82, 2.24) is 15.0 Å². The van der Waals surface area contributed by atoms with E-state index in [9.17, 15) is 0 Å². The molecule has 0 fully saturated rings. The van der Waals surface area contributed by atoms with Crippen LogP contribution >= 0.6 is 27.5 Å². The van der Waals surface area contributed by atoms with Gasteiger partial charge >= 0.3 is 6.01 Å². The normalized spacial score (nSPS) is 15.8. The molecule has 2 aromatic carbocycles. The lowest BCUT2D eigenvalue weighted by Crippen LogP contribution is -2.08. The highest BCUT2D eigenvalue weighted by molar-refractivity contribution is 9.11. The van der Waals surface area contributed by atoms with E-state index in [-0.39, 0.29) is 12.0 Å². The van der Waals surface area contributed by atoms with Crippen LogP contribution in [0.3, 0.4) is 0 Å². The third-order valence-corrected chi connectivity index (χ3v) is 5.94. The molecule has 0 atom stereocenters. The molecule has 146 valence electrons. The maximum absolute atomic E-state index is 6.65. The molecule has 2 N–H and O–H groups in total. The maximum Gasteiger partial charge on any atom is 0.327 e. The fourth-order valence-electron chi connectivity index (χ4n) is 3.70. The van der Waals surface area contributed by atoms with E-state index in [2.05, 4.69) is 43.0 Å². The molecular weight excluding hydrogens is 456 g/mol. The molecule has 0 spiro atoms. The molecule has 2 aliphatic rings. The van der Waals surface area contributed by atoms with E-state index in [0.29, 0.717) is 29.6 Å². The lowest BCUT2D eigenvalue weighted by Gasteiger charge is -2.20. The number of benzene rings is 2. The Labute approximate surface area is 180 Å². The number of hydrogen-bond donors (Lipinski definition) is 1. The van der Waals surface area contributed by atoms with E-state index in [4.69, 9.17) is 26.8 Å². The van der Waals surface area contributed by atoms with Crippen LogP contribution in [0.2, 0.25) is 5.02 Å². The number of nitrogen functional groups attached to an aromatic ring is 1. The van der Waals surface area contributed by atoms with Gasteiger partial charge in [0.05, 0.1) is 22.7 Å². The molecule has 5 rings (SSSR count). The second-order valence-corrected chi connectivity index (χ2v) is 8.10. The fraction of sp³-hybridized carbons (Fsp3) is 0.190. The van der Waals surface area contributed by atoms with E-state index in [0.717, 1.165) is 45.0 Å². The van der Waals surface area contributed by atoms with Gasteiger partial charge in [-0.05, 0) is 56.4 Å². The van der Waals surface area contributed by atoms with E-state index in [1.165, 1.54) is 0 Å². The molecule has 8 heteroatoms. The first-order chi connectivity index (χ1) is 14.1. The van der Waals surface area contributed by atoms with Crippen LogP contribution in [0.4, 0.5) is 5.95 Å². The molecule has 0 amide bonds. The first-order valence-electron chi connectivity index (χ1n) is 9.16. The van der Waals surface area contributed by atoms with Crippen molar-refractivity contribution in [3.05, 3.63) is 62.8 Å². The molecule has 0 radical (unpaired) electrons. The summed E-state index contributed by atoms with van der Waals surface area (Å²) >= 11 is 10.2. The summed E-state index contributed by atoms with van der Waals surface area (Å²) in [4.78, 5) is 13.0. The van der Waals surface area contributed by atoms with Crippen LogP contribution in [0.25, 0.3) is 22.2 Å². The van der Waals surface area contributed by atoms with Gasteiger partial charge in [-0.1, -0.05) is 35.9 Å². The molecule has 0 bridgehead atoms. The third kappa shape index (κ3) is 3.39. The highest BCUT2D eigenvalue weighted by Gasteiger charge is 2.21. The van der Waals surface area contributed by atoms with Crippen molar-refractivity contribution in [2.24, 2.45) is 0 Å². The highest BCUT2D eigenvalue weighted by atomic mass is 79.9. The summed E-state index contributed by atoms with van der Waals surface area (Å²) in [7, 11) is 0. The average molecular weight is 472 g/mol. The molecular formula is C21H16BrClN4O2. The Kier molecular flexibility index (Phi) is 4.73. The van der Waals surface area contributed by atoms with Crippen molar-refractivity contribution >= 4 is 44.3 Å². The molecule has 3 aromatic rings. The smallest absolute Gasteiger partial charge is 0.327 e. The van der Waals surface area contributed by atoms with Crippen molar-refractivity contribution in [2.45, 2.75) is 26.1 Å². The van der Waals surface area contributed by atoms with Gasteiger partial charge in [-0.15, -0.1) is 0 Å². The predicted octanol–water partition coefficient (Wildman–Crippen LogP) is 5.29. The third-order valence-electron chi connectivity index (χ3n) is 4.94. The standard InChI is InChI=1S/C21H16BrClN4O2/c22-14-6-1-2-7-16(14)29-21-26-19(25-20(24)27-21)18-13-5-3-4-11-9-28-10-12(17(11)13)8-15(18)23/h1,3-6,8H,2,7,9-10H2,(H2,24,25,26,27). The Morgan fingerprint density at radius 2 is 2.00 bits per heavy atom. The van der Waals surface area contributed by atoms with Crippen molar-refractivity contribution < 1.29 is 9.47 Å². The lowest BCUT2D eigenvalue weighted by atomic mass is 9.94. The van der Waals surface area contributed by atoms with Gasteiger partial charge in [-0.25, -0.2) is 0 Å². The van der Waals surface area contributed by atoms with Crippen molar-refractivity contribution in [2.75, 3.05) is 5.73 Å². The zero-order valence-electron chi connectivity index (χ0n) is 15.3. The van der Waals surface area contributed by atoms with E-state index < -0.39 is 0 Å². The number of halogens is 2. The first-order valence-corrected chi connectivity index (χ1v) is 10.3. The van der Waals surface area contributed by atoms with Crippen LogP contribution in [-0.4, -0.2) is 15.0 Å². The van der Waals surface area contributed by atoms with Gasteiger partial charge in [-0.3, -0.25) is 0 Å². The Morgan fingerprint density at radius 3 is 2.86 bits per heavy atom. The molecule has 0 saturated heterocycles. The van der Waals surface area contributed by atoms with Gasteiger partial charge in [0.15, 0.2) is 5.82 Å². The van der Waals surface area contributed by atoms with Crippen molar-refractivity contribution in [3.8, 4) is 17.4 Å². The Hall–Kier alpha value is -2.48. The maximum atomic E-state index is 6.65. The minimum atomic E-state index is 0.0768. The van der Waals surface area contributed by atoms with Crippen LogP contribution in [-0.2, 0) is 18.0 Å². The van der Waals surface area contributed by atoms with Gasteiger partial charge in [0, 0.05) is 12.0 Å². The number of hydrogen-bond acceptors (Lipinski definition) is 6. The highest BCUT2D eigenvalue weighted by Crippen LogP contribution is 2.40. The van der Waals surface area contributed by atoms with Crippen LogP contribution < -0.4 is 10.5 Å². The SMILES string of the molecule is Nc1nc(OC2=C(Br)C=CCC2)nc(-c2c(Cl)cc3c4c(cccc24)COC3)n1. The summed E-state index contributed by atoms with van der Waals surface area (Å²) in [6.07, 6.45) is 5.67. The van der Waals surface area contributed by atoms with Gasteiger partial charge in [0.1, 0.15) is 5.76 Å². The number of nitrogens with two attached hydrogens (primary N) is 1. The van der Waals surface area contributed by atoms with Crippen LogP contribution in [0, 0.1) is 0 Å². The Balaban J connectivity index is 1.66. The molecule has 0 saturated carbocycles. The number of rotatable bonds is 3. The number of aromatic nitrogens is 3. The monoisotopic (exact) mass is 470 g/mol. The zero-order valence-corrected chi connectivity index (χ0v) is 17.6. The topological polar surface area (TPSA) is 83.2 Å². The molecule has 1 aliphatic carbocycles. The van der Waals surface area contributed by atoms with Crippen LogP contribution in [0.5, 0.6) is 6.01 Å². The van der Waals surface area contributed by atoms with E-state index in [1.807, 2.05) is 24.3 Å². The molecule has 6 nitrogen and oxygen atoms in total. The lowest BCUT2D eigenvalue weighted by molar-refractivity contribution is 0.103. The van der Waals surface area contributed by atoms with E-state index in [1.54, 1.807) is 0 Å². The molecule has 1 aliphatic heterocycles. The molecule has 1 aromatic heterocycles. The largest absolute Gasteiger partial charge is 0.427 e. The van der Waals surface area contributed by atoms with E-state index >= 15 is 0 Å². The number of ether oxygens (including phenoxy) is 2. The molecule has 2 heterocycles. The molecule has 0 unspecified atom stereocenters. The van der Waals surface area contributed by atoms with Crippen molar-refractivity contribution in [3.63, 3.8) is 0 Å². The average Bonchev–Trinajstić information content (AvgIpc) is 2.70. The number of nitrogens with zero attached hydrogens (tertiary/aromatic N) is 3. The van der Waals surface area contributed by atoms with Crippen LogP contribution in [0.15, 0.2) is 46.7 Å². The quantitative estimate of drug-likeness (QED) is 0.558. The summed E-state index contributed by atoms with van der Waals surface area (Å²) in [6, 6.07) is 8.11. The number of allylic oxidation sites excluding steroid dienone is 4. The van der Waals surface area contributed by atoms with Gasteiger partial charge in [-0.2, -0.15) is 15.0 Å². The van der Waals surface area contributed by atoms with Crippen molar-refractivity contribution in [1.29, 1.82) is 0 Å². The Morgan fingerprint density at radius 1 is 1.14 bits per heavy atom. The van der Waals surface area contributed by atoms with Gasteiger partial charge < -0.3 is 15.2 Å². The summed E-state index contributed by atoms with van der Waals surface area (Å²) in [5, 5.41) is 2.63. The molecule has 29 heavy (non-hydrogen) atoms. The summed E-state index contributed by atoms with van der Waals surface area (Å²) in [5.74, 6) is 1.22. The predicted molar refractivity (Wildman–Crippen MR) is 116 cm³/mol. The van der Waals surface area contributed by atoms with Crippen LogP contribution in [0.1, 0.15) is 24.0 Å².